The van der Waals surface area contributed by atoms with Gasteiger partial charge < -0.3 is 10.4 Å². The minimum atomic E-state index is -0.121. The summed E-state index contributed by atoms with van der Waals surface area (Å²) in [4.78, 5) is 23.9. The molecule has 1 heterocycles. The lowest BCUT2D eigenvalue weighted by molar-refractivity contribution is -0.122. The van der Waals surface area contributed by atoms with Crippen molar-refractivity contribution < 1.29 is 9.90 Å². The van der Waals surface area contributed by atoms with Crippen molar-refractivity contribution in [2.45, 2.75) is 39.3 Å². The maximum atomic E-state index is 12.1. The van der Waals surface area contributed by atoms with Gasteiger partial charge in [0.2, 0.25) is 11.3 Å². The van der Waals surface area contributed by atoms with Gasteiger partial charge in [0, 0.05) is 24.5 Å². The summed E-state index contributed by atoms with van der Waals surface area (Å²) in [7, 11) is 0. The molecule has 1 aromatic heterocycles. The second-order valence-electron chi connectivity index (χ2n) is 5.93. The molecule has 2 rings (SSSR count). The lowest BCUT2D eigenvalue weighted by Crippen LogP contribution is -2.39. The van der Waals surface area contributed by atoms with E-state index in [9.17, 15) is 9.59 Å². The van der Waals surface area contributed by atoms with Crippen LogP contribution < -0.4 is 10.7 Å². The summed E-state index contributed by atoms with van der Waals surface area (Å²) in [6, 6.07) is 7.20. The van der Waals surface area contributed by atoms with Crippen molar-refractivity contribution in [1.82, 2.24) is 15.1 Å². The van der Waals surface area contributed by atoms with Gasteiger partial charge in [-0.15, -0.1) is 0 Å². The van der Waals surface area contributed by atoms with Gasteiger partial charge in [0.25, 0.3) is 0 Å². The first-order chi connectivity index (χ1) is 11.0. The molecular weight excluding hydrogens is 294 g/mol. The van der Waals surface area contributed by atoms with E-state index in [1.54, 1.807) is 10.7 Å². The molecule has 2 aromatic rings. The molecule has 0 bridgehead atoms. The zero-order valence-electron chi connectivity index (χ0n) is 13.5. The third-order valence-corrected chi connectivity index (χ3v) is 3.90. The fourth-order valence-corrected chi connectivity index (χ4v) is 2.54. The average Bonchev–Trinajstić information content (AvgIpc) is 2.54. The van der Waals surface area contributed by atoms with E-state index in [0.717, 1.165) is 5.52 Å². The van der Waals surface area contributed by atoms with E-state index in [1.807, 2.05) is 32.0 Å². The van der Waals surface area contributed by atoms with Gasteiger partial charge in [-0.05, 0) is 24.5 Å². The van der Waals surface area contributed by atoms with E-state index < -0.39 is 0 Å². The summed E-state index contributed by atoms with van der Waals surface area (Å²) in [5.74, 6) is 0.180. The molecular formula is C17H23N3O3. The Bertz CT molecular complexity index is 724. The third-order valence-electron chi connectivity index (χ3n) is 3.90. The van der Waals surface area contributed by atoms with Crippen LogP contribution in [0.25, 0.3) is 10.9 Å². The second-order valence-corrected chi connectivity index (χ2v) is 5.93. The summed E-state index contributed by atoms with van der Waals surface area (Å²) in [5, 5.41) is 16.7. The monoisotopic (exact) mass is 317 g/mol. The molecule has 1 atom stereocenters. The number of fused-ring (bicyclic) bond motifs is 1. The van der Waals surface area contributed by atoms with Crippen LogP contribution in [0.1, 0.15) is 26.7 Å². The van der Waals surface area contributed by atoms with E-state index in [1.165, 1.54) is 6.20 Å². The van der Waals surface area contributed by atoms with Crippen molar-refractivity contribution in [3.8, 4) is 0 Å². The maximum absolute atomic E-state index is 12.1. The molecule has 0 saturated heterocycles. The predicted molar refractivity (Wildman–Crippen MR) is 89.1 cm³/mol. The van der Waals surface area contributed by atoms with Crippen molar-refractivity contribution >= 4 is 16.8 Å². The van der Waals surface area contributed by atoms with Gasteiger partial charge >= 0.3 is 0 Å². The zero-order chi connectivity index (χ0) is 16.8. The smallest absolute Gasteiger partial charge is 0.222 e. The lowest BCUT2D eigenvalue weighted by atomic mass is 10.0. The third kappa shape index (κ3) is 4.39. The Balaban J connectivity index is 2.05. The molecule has 0 spiro atoms. The molecule has 0 aliphatic rings. The van der Waals surface area contributed by atoms with E-state index >= 15 is 0 Å². The Labute approximate surface area is 135 Å². The van der Waals surface area contributed by atoms with Crippen molar-refractivity contribution in [1.29, 1.82) is 0 Å². The SMILES string of the molecule is CC(C)C(CCO)NC(=O)CCn1ncc(=O)c2ccccc21. The topological polar surface area (TPSA) is 84.2 Å². The van der Waals surface area contributed by atoms with Gasteiger partial charge in [-0.2, -0.15) is 5.10 Å². The average molecular weight is 317 g/mol. The minimum Gasteiger partial charge on any atom is -0.396 e. The van der Waals surface area contributed by atoms with Gasteiger partial charge in [-0.3, -0.25) is 14.3 Å². The van der Waals surface area contributed by atoms with Crippen molar-refractivity contribution in [2.24, 2.45) is 5.92 Å². The van der Waals surface area contributed by atoms with Crippen molar-refractivity contribution in [2.75, 3.05) is 6.61 Å². The van der Waals surface area contributed by atoms with Crippen molar-refractivity contribution in [3.63, 3.8) is 0 Å². The number of aromatic nitrogens is 2. The molecule has 2 N–H and O–H groups in total. The number of aryl methyl sites for hydroxylation is 1. The summed E-state index contributed by atoms with van der Waals surface area (Å²) in [6.45, 7) is 4.47. The second kappa shape index (κ2) is 7.87. The number of rotatable bonds is 7. The number of para-hydroxylation sites is 1. The molecule has 1 amide bonds. The number of aliphatic hydroxyl groups is 1. The fraction of sp³-hybridized carbons (Fsp3) is 0.471. The van der Waals surface area contributed by atoms with Crippen LogP contribution in [0, 0.1) is 5.92 Å². The number of amides is 1. The van der Waals surface area contributed by atoms with Crippen LogP contribution in [0.3, 0.4) is 0 Å². The minimum absolute atomic E-state index is 0.0359. The van der Waals surface area contributed by atoms with E-state index in [4.69, 9.17) is 5.11 Å². The van der Waals surface area contributed by atoms with Crippen LogP contribution in [-0.2, 0) is 11.3 Å². The van der Waals surface area contributed by atoms with Gasteiger partial charge in [0.15, 0.2) is 0 Å². The highest BCUT2D eigenvalue weighted by Crippen LogP contribution is 2.09. The van der Waals surface area contributed by atoms with Crippen LogP contribution >= 0.6 is 0 Å². The van der Waals surface area contributed by atoms with E-state index in [2.05, 4.69) is 10.4 Å². The molecule has 0 fully saturated rings. The Hall–Kier alpha value is -2.21. The Kier molecular flexibility index (Phi) is 5.87. The number of aliphatic hydroxyl groups excluding tert-OH is 1. The molecule has 0 aliphatic carbocycles. The molecule has 0 radical (unpaired) electrons. The number of nitrogens with one attached hydrogen (secondary N) is 1. The number of benzene rings is 1. The first-order valence-electron chi connectivity index (χ1n) is 7.88. The number of nitrogens with zero attached hydrogens (tertiary/aromatic N) is 2. The van der Waals surface area contributed by atoms with Crippen LogP contribution in [0.5, 0.6) is 0 Å². The van der Waals surface area contributed by atoms with Gasteiger partial charge in [0.1, 0.15) is 0 Å². The van der Waals surface area contributed by atoms with Gasteiger partial charge in [0.05, 0.1) is 18.3 Å². The van der Waals surface area contributed by atoms with Gasteiger partial charge in [-0.1, -0.05) is 26.0 Å². The standard InChI is InChI=1S/C17H23N3O3/c1-12(2)14(8-10-21)19-17(23)7-9-20-15-6-4-3-5-13(15)16(22)11-18-20/h3-6,11-12,14,21H,7-10H2,1-2H3,(H,19,23). The molecule has 1 aromatic carbocycles. The predicted octanol–water partition coefficient (Wildman–Crippen LogP) is 1.31. The molecule has 0 saturated carbocycles. The lowest BCUT2D eigenvalue weighted by Gasteiger charge is -2.21. The zero-order valence-corrected chi connectivity index (χ0v) is 13.5. The fourth-order valence-electron chi connectivity index (χ4n) is 2.54. The van der Waals surface area contributed by atoms with Crippen LogP contribution in [0.2, 0.25) is 0 Å². The Morgan fingerprint density at radius 1 is 1.35 bits per heavy atom. The normalized spacial score (nSPS) is 12.5. The largest absolute Gasteiger partial charge is 0.396 e. The molecule has 0 aliphatic heterocycles. The summed E-state index contributed by atoms with van der Waals surface area (Å²) < 4.78 is 1.67. The first-order valence-corrected chi connectivity index (χ1v) is 7.88. The summed E-state index contributed by atoms with van der Waals surface area (Å²) >= 11 is 0. The molecule has 124 valence electrons. The number of hydrogen-bond donors (Lipinski definition) is 2. The van der Waals surface area contributed by atoms with Crippen molar-refractivity contribution in [3.05, 3.63) is 40.7 Å². The molecule has 23 heavy (non-hydrogen) atoms. The number of carbonyl (C=O) groups excluding carboxylic acids is 1. The molecule has 6 nitrogen and oxygen atoms in total. The highest BCUT2D eigenvalue weighted by molar-refractivity contribution is 5.79. The van der Waals surface area contributed by atoms with Crippen LogP contribution in [0.4, 0.5) is 0 Å². The van der Waals surface area contributed by atoms with Crippen LogP contribution in [-0.4, -0.2) is 33.4 Å². The Morgan fingerprint density at radius 2 is 2.09 bits per heavy atom. The van der Waals surface area contributed by atoms with E-state index in [0.29, 0.717) is 18.4 Å². The Morgan fingerprint density at radius 3 is 2.78 bits per heavy atom. The quantitative estimate of drug-likeness (QED) is 0.806. The van der Waals surface area contributed by atoms with Gasteiger partial charge in [-0.25, -0.2) is 0 Å². The number of carbonyl (C=O) groups is 1. The highest BCUT2D eigenvalue weighted by Gasteiger charge is 2.15. The maximum Gasteiger partial charge on any atom is 0.222 e. The summed E-state index contributed by atoms with van der Waals surface area (Å²) in [6.07, 6.45) is 2.10. The highest BCUT2D eigenvalue weighted by atomic mass is 16.3. The number of hydrogen-bond acceptors (Lipinski definition) is 4. The van der Waals surface area contributed by atoms with Crippen LogP contribution in [0.15, 0.2) is 35.3 Å². The summed E-state index contributed by atoms with van der Waals surface area (Å²) in [5.41, 5.74) is 0.604. The first kappa shape index (κ1) is 17.1. The van der Waals surface area contributed by atoms with E-state index in [-0.39, 0.29) is 36.3 Å². The molecule has 1 unspecified atom stereocenters. The molecule has 6 heteroatoms.